The number of anilines is 1. The Morgan fingerprint density at radius 2 is 2.21 bits per heavy atom. The van der Waals surface area contributed by atoms with Crippen molar-refractivity contribution in [2.75, 3.05) is 5.32 Å². The molecule has 1 unspecified atom stereocenters. The summed E-state index contributed by atoms with van der Waals surface area (Å²) in [6, 6.07) is -0.0146. The molecular weight excluding hydrogens is 178 g/mol. The molecule has 0 aliphatic carbocycles. The lowest BCUT2D eigenvalue weighted by Crippen LogP contribution is -2.41. The Morgan fingerprint density at radius 3 is 2.64 bits per heavy atom. The molecule has 0 aliphatic heterocycles. The van der Waals surface area contributed by atoms with Gasteiger partial charge < -0.3 is 10.4 Å². The molecule has 0 saturated heterocycles. The van der Waals surface area contributed by atoms with E-state index in [4.69, 9.17) is 0 Å². The van der Waals surface area contributed by atoms with Crippen LogP contribution in [0.15, 0.2) is 18.6 Å². The fourth-order valence-corrected chi connectivity index (χ4v) is 1.33. The van der Waals surface area contributed by atoms with Gasteiger partial charge in [-0.2, -0.15) is 0 Å². The third-order valence-electron chi connectivity index (χ3n) is 2.15. The number of nitrogens with one attached hydrogen (secondary N) is 1. The monoisotopic (exact) mass is 195 g/mol. The zero-order valence-electron chi connectivity index (χ0n) is 8.86. The first-order valence-corrected chi connectivity index (χ1v) is 4.79. The smallest absolute Gasteiger partial charge is 0.144 e. The molecule has 1 atom stereocenters. The van der Waals surface area contributed by atoms with E-state index in [0.29, 0.717) is 5.82 Å². The van der Waals surface area contributed by atoms with E-state index in [1.165, 1.54) is 0 Å². The van der Waals surface area contributed by atoms with Gasteiger partial charge >= 0.3 is 0 Å². The first kappa shape index (κ1) is 10.9. The molecule has 4 nitrogen and oxygen atoms in total. The number of aliphatic hydroxyl groups is 1. The van der Waals surface area contributed by atoms with Gasteiger partial charge in [0.1, 0.15) is 5.82 Å². The van der Waals surface area contributed by atoms with Gasteiger partial charge in [0.15, 0.2) is 0 Å². The van der Waals surface area contributed by atoms with Gasteiger partial charge in [-0.3, -0.25) is 4.98 Å². The Bertz CT molecular complexity index is 268. The fourth-order valence-electron chi connectivity index (χ4n) is 1.33. The van der Waals surface area contributed by atoms with Crippen LogP contribution >= 0.6 is 0 Å². The highest BCUT2D eigenvalue weighted by atomic mass is 16.3. The number of hydrogen-bond acceptors (Lipinski definition) is 4. The predicted molar refractivity (Wildman–Crippen MR) is 56.0 cm³/mol. The van der Waals surface area contributed by atoms with Crippen molar-refractivity contribution >= 4 is 5.82 Å². The van der Waals surface area contributed by atoms with Gasteiger partial charge in [-0.05, 0) is 20.3 Å². The third-order valence-corrected chi connectivity index (χ3v) is 2.15. The van der Waals surface area contributed by atoms with Gasteiger partial charge in [-0.1, -0.05) is 6.92 Å². The van der Waals surface area contributed by atoms with Crippen molar-refractivity contribution in [3.05, 3.63) is 18.6 Å². The van der Waals surface area contributed by atoms with Crippen molar-refractivity contribution < 1.29 is 5.11 Å². The van der Waals surface area contributed by atoms with Crippen LogP contribution in [0.5, 0.6) is 0 Å². The molecule has 4 heteroatoms. The molecule has 1 aromatic rings. The maximum absolute atomic E-state index is 9.83. The summed E-state index contributed by atoms with van der Waals surface area (Å²) >= 11 is 0. The minimum absolute atomic E-state index is 0.0146. The van der Waals surface area contributed by atoms with Gasteiger partial charge in [0, 0.05) is 12.4 Å². The Balaban J connectivity index is 2.67. The van der Waals surface area contributed by atoms with Gasteiger partial charge in [-0.25, -0.2) is 4.98 Å². The van der Waals surface area contributed by atoms with Crippen LogP contribution in [0, 0.1) is 0 Å². The van der Waals surface area contributed by atoms with Crippen LogP contribution in [0.25, 0.3) is 0 Å². The summed E-state index contributed by atoms with van der Waals surface area (Å²) in [5.41, 5.74) is -0.758. The summed E-state index contributed by atoms with van der Waals surface area (Å²) in [6.07, 6.45) is 5.73. The lowest BCUT2D eigenvalue weighted by Gasteiger charge is -2.29. The molecule has 1 rings (SSSR count). The highest BCUT2D eigenvalue weighted by Gasteiger charge is 2.25. The molecule has 0 bridgehead atoms. The van der Waals surface area contributed by atoms with Gasteiger partial charge in [0.05, 0.1) is 17.8 Å². The highest BCUT2D eigenvalue weighted by molar-refractivity contribution is 5.32. The summed E-state index contributed by atoms with van der Waals surface area (Å²) in [7, 11) is 0. The van der Waals surface area contributed by atoms with E-state index >= 15 is 0 Å². The van der Waals surface area contributed by atoms with Crippen LogP contribution in [0.1, 0.15) is 27.2 Å². The van der Waals surface area contributed by atoms with Crippen molar-refractivity contribution in [2.45, 2.75) is 38.8 Å². The van der Waals surface area contributed by atoms with Crippen LogP contribution in [-0.4, -0.2) is 26.7 Å². The molecular formula is C10H17N3O. The number of aromatic nitrogens is 2. The SMILES string of the molecule is CCC(Nc1cnccn1)C(C)(C)O. The molecule has 2 N–H and O–H groups in total. The summed E-state index contributed by atoms with van der Waals surface area (Å²) in [4.78, 5) is 8.04. The van der Waals surface area contributed by atoms with Crippen LogP contribution in [0.3, 0.4) is 0 Å². The summed E-state index contributed by atoms with van der Waals surface area (Å²) < 4.78 is 0. The first-order valence-electron chi connectivity index (χ1n) is 4.79. The van der Waals surface area contributed by atoms with Crippen molar-refractivity contribution in [3.63, 3.8) is 0 Å². The molecule has 0 amide bonds. The van der Waals surface area contributed by atoms with Crippen molar-refractivity contribution in [1.82, 2.24) is 9.97 Å². The van der Waals surface area contributed by atoms with Crippen molar-refractivity contribution in [1.29, 1.82) is 0 Å². The highest BCUT2D eigenvalue weighted by Crippen LogP contribution is 2.15. The molecule has 0 radical (unpaired) electrons. The van der Waals surface area contributed by atoms with Crippen molar-refractivity contribution in [2.24, 2.45) is 0 Å². The van der Waals surface area contributed by atoms with Crippen LogP contribution in [-0.2, 0) is 0 Å². The zero-order chi connectivity index (χ0) is 10.6. The molecule has 0 saturated carbocycles. The van der Waals surface area contributed by atoms with Gasteiger partial charge in [-0.15, -0.1) is 0 Å². The van der Waals surface area contributed by atoms with E-state index in [9.17, 15) is 5.11 Å². The molecule has 14 heavy (non-hydrogen) atoms. The number of rotatable bonds is 4. The fraction of sp³-hybridized carbons (Fsp3) is 0.600. The summed E-state index contributed by atoms with van der Waals surface area (Å²) in [6.45, 7) is 5.58. The van der Waals surface area contributed by atoms with E-state index in [1.807, 2.05) is 6.92 Å². The number of nitrogens with zero attached hydrogens (tertiary/aromatic N) is 2. The summed E-state index contributed by atoms with van der Waals surface area (Å²) in [5, 5.41) is 13.0. The van der Waals surface area contributed by atoms with Crippen molar-refractivity contribution in [3.8, 4) is 0 Å². The van der Waals surface area contributed by atoms with Gasteiger partial charge in [0.2, 0.25) is 0 Å². The Hall–Kier alpha value is -1.16. The second-order valence-corrected chi connectivity index (χ2v) is 3.85. The largest absolute Gasteiger partial charge is 0.388 e. The summed E-state index contributed by atoms with van der Waals surface area (Å²) in [5.74, 6) is 0.696. The molecule has 78 valence electrons. The van der Waals surface area contributed by atoms with E-state index in [0.717, 1.165) is 6.42 Å². The van der Waals surface area contributed by atoms with E-state index in [-0.39, 0.29) is 6.04 Å². The molecule has 1 heterocycles. The molecule has 1 aromatic heterocycles. The minimum Gasteiger partial charge on any atom is -0.388 e. The predicted octanol–water partition coefficient (Wildman–Crippen LogP) is 1.44. The van der Waals surface area contributed by atoms with Crippen LogP contribution < -0.4 is 5.32 Å². The van der Waals surface area contributed by atoms with E-state index in [2.05, 4.69) is 15.3 Å². The first-order chi connectivity index (χ1) is 6.54. The maximum Gasteiger partial charge on any atom is 0.144 e. The Labute approximate surface area is 84.4 Å². The zero-order valence-corrected chi connectivity index (χ0v) is 8.86. The van der Waals surface area contributed by atoms with Gasteiger partial charge in [0.25, 0.3) is 0 Å². The molecule has 0 aliphatic rings. The topological polar surface area (TPSA) is 58.0 Å². The molecule has 0 spiro atoms. The van der Waals surface area contributed by atoms with Crippen LogP contribution in [0.4, 0.5) is 5.82 Å². The minimum atomic E-state index is -0.758. The normalized spacial score (nSPS) is 13.7. The second kappa shape index (κ2) is 4.37. The van der Waals surface area contributed by atoms with E-state index < -0.39 is 5.60 Å². The second-order valence-electron chi connectivity index (χ2n) is 3.85. The Kier molecular flexibility index (Phi) is 3.41. The molecule has 0 aromatic carbocycles. The average molecular weight is 195 g/mol. The standard InChI is InChI=1S/C10H17N3O/c1-4-8(10(2,3)14)13-9-7-11-5-6-12-9/h5-8,14H,4H2,1-3H3,(H,12,13). The Morgan fingerprint density at radius 1 is 1.50 bits per heavy atom. The lowest BCUT2D eigenvalue weighted by molar-refractivity contribution is 0.0578. The van der Waals surface area contributed by atoms with Crippen LogP contribution in [0.2, 0.25) is 0 Å². The quantitative estimate of drug-likeness (QED) is 0.763. The average Bonchev–Trinajstić information content (AvgIpc) is 2.14. The maximum atomic E-state index is 9.83. The third kappa shape index (κ3) is 2.96. The lowest BCUT2D eigenvalue weighted by atomic mass is 9.97. The molecule has 0 fully saturated rings. The number of hydrogen-bond donors (Lipinski definition) is 2. The van der Waals surface area contributed by atoms with E-state index in [1.54, 1.807) is 32.4 Å².